The number of nitrogens with zero attached hydrogens (tertiary/aromatic N) is 3. The van der Waals surface area contributed by atoms with Crippen molar-refractivity contribution in [2.75, 3.05) is 7.05 Å². The third-order valence-electron chi connectivity index (χ3n) is 9.08. The Morgan fingerprint density at radius 2 is 1.68 bits per heavy atom. The molecule has 0 aliphatic carbocycles. The van der Waals surface area contributed by atoms with Gasteiger partial charge in [-0.25, -0.2) is 4.98 Å². The van der Waals surface area contributed by atoms with Crippen LogP contribution in [0.2, 0.25) is 0 Å². The molecular formula is C34H24N3O+. The SMILES string of the molecule is CC12c3ccccc3Oc3cccc(c31)C1C=Cc3ccc4ccc(-c5ccc(C#N)cc5)nc4c3[N+]12C. The molecule has 3 unspecified atom stereocenters. The second kappa shape index (κ2) is 7.19. The van der Waals surface area contributed by atoms with Gasteiger partial charge in [0.2, 0.25) is 0 Å². The molecule has 3 aliphatic rings. The number of aromatic nitrogens is 1. The summed E-state index contributed by atoms with van der Waals surface area (Å²) in [5.74, 6) is 1.86. The number of hydrogen-bond donors (Lipinski definition) is 0. The largest absolute Gasteiger partial charge is 0.456 e. The molecule has 3 atom stereocenters. The van der Waals surface area contributed by atoms with Crippen LogP contribution in [0.5, 0.6) is 11.5 Å². The van der Waals surface area contributed by atoms with Gasteiger partial charge in [0.15, 0.2) is 11.2 Å². The van der Waals surface area contributed by atoms with Gasteiger partial charge in [-0.05, 0) is 54.6 Å². The smallest absolute Gasteiger partial charge is 0.168 e. The van der Waals surface area contributed by atoms with Crippen LogP contribution in [0.3, 0.4) is 0 Å². The molecule has 0 spiro atoms. The molecule has 4 heterocycles. The first-order valence-electron chi connectivity index (χ1n) is 12.9. The van der Waals surface area contributed by atoms with Gasteiger partial charge in [-0.15, -0.1) is 0 Å². The maximum Gasteiger partial charge on any atom is 0.168 e. The average Bonchev–Trinajstić information content (AvgIpc) is 3.17. The predicted molar refractivity (Wildman–Crippen MR) is 151 cm³/mol. The van der Waals surface area contributed by atoms with Crippen molar-refractivity contribution in [1.82, 2.24) is 9.47 Å². The molecule has 5 aromatic rings. The fourth-order valence-corrected chi connectivity index (χ4v) is 7.17. The summed E-state index contributed by atoms with van der Waals surface area (Å²) in [7, 11) is 2.37. The Balaban J connectivity index is 1.45. The van der Waals surface area contributed by atoms with E-state index in [2.05, 4.69) is 92.9 Å². The van der Waals surface area contributed by atoms with Crippen LogP contribution in [0.4, 0.5) is 5.69 Å². The van der Waals surface area contributed by atoms with Gasteiger partial charge < -0.3 is 4.74 Å². The summed E-state index contributed by atoms with van der Waals surface area (Å²) in [6.07, 6.45) is 4.63. The molecule has 0 saturated heterocycles. The highest BCUT2D eigenvalue weighted by atomic mass is 16.5. The number of quaternary nitrogens is 1. The van der Waals surface area contributed by atoms with Crippen molar-refractivity contribution in [2.45, 2.75) is 18.5 Å². The quantitative estimate of drug-likeness (QED) is 0.225. The van der Waals surface area contributed by atoms with E-state index < -0.39 is 0 Å². The molecule has 38 heavy (non-hydrogen) atoms. The molecule has 0 fully saturated rings. The van der Waals surface area contributed by atoms with E-state index in [9.17, 15) is 5.26 Å². The topological polar surface area (TPSA) is 45.9 Å². The van der Waals surface area contributed by atoms with Crippen molar-refractivity contribution < 1.29 is 4.74 Å². The maximum absolute atomic E-state index is 9.25. The standard InChI is InChI=1S/C34H24N3O/c1-34-26-7-3-4-8-29(26)38-30-9-5-6-25(31(30)34)28-19-17-24-15-14-23-16-18-27(22-12-10-21(20-35)11-13-22)36-32(23)33(24)37(28,34)2/h3-19,28H,1-2H3/q+1. The van der Waals surface area contributed by atoms with Crippen LogP contribution >= 0.6 is 0 Å². The number of benzene rings is 4. The third kappa shape index (κ3) is 2.45. The molecular weight excluding hydrogens is 466 g/mol. The molecule has 180 valence electrons. The van der Waals surface area contributed by atoms with Gasteiger partial charge in [0.05, 0.1) is 35.5 Å². The molecule has 0 amide bonds. The summed E-state index contributed by atoms with van der Waals surface area (Å²) in [4.78, 5) is 5.32. The zero-order valence-corrected chi connectivity index (χ0v) is 21.1. The summed E-state index contributed by atoms with van der Waals surface area (Å²) in [6, 6.07) is 33.6. The fraction of sp³-hybridized carbons (Fsp3) is 0.118. The Morgan fingerprint density at radius 1 is 0.895 bits per heavy atom. The van der Waals surface area contributed by atoms with E-state index in [1.807, 2.05) is 30.3 Å². The highest BCUT2D eigenvalue weighted by Gasteiger charge is 2.65. The van der Waals surface area contributed by atoms with E-state index in [1.54, 1.807) is 0 Å². The highest BCUT2D eigenvalue weighted by Crippen LogP contribution is 2.65. The van der Waals surface area contributed by atoms with Crippen LogP contribution in [-0.2, 0) is 5.54 Å². The minimum Gasteiger partial charge on any atom is -0.456 e. The van der Waals surface area contributed by atoms with Crippen molar-refractivity contribution in [1.29, 1.82) is 5.26 Å². The molecule has 4 nitrogen and oxygen atoms in total. The van der Waals surface area contributed by atoms with Crippen LogP contribution < -0.4 is 9.22 Å². The van der Waals surface area contributed by atoms with Crippen molar-refractivity contribution in [3.63, 3.8) is 0 Å². The van der Waals surface area contributed by atoms with Crippen LogP contribution in [0, 0.1) is 11.3 Å². The minimum absolute atomic E-state index is 0.128. The summed E-state index contributed by atoms with van der Waals surface area (Å²) in [5.41, 5.74) is 9.40. The average molecular weight is 491 g/mol. The Kier molecular flexibility index (Phi) is 4.04. The van der Waals surface area contributed by atoms with Crippen LogP contribution in [0.15, 0.2) is 97.1 Å². The lowest BCUT2D eigenvalue weighted by Crippen LogP contribution is -2.59. The van der Waals surface area contributed by atoms with Crippen molar-refractivity contribution >= 4 is 22.7 Å². The summed E-state index contributed by atoms with van der Waals surface area (Å²) in [5, 5.41) is 10.4. The van der Waals surface area contributed by atoms with Crippen molar-refractivity contribution in [3.05, 3.63) is 125 Å². The highest BCUT2D eigenvalue weighted by molar-refractivity contribution is 5.98. The monoisotopic (exact) mass is 490 g/mol. The van der Waals surface area contributed by atoms with E-state index in [1.165, 1.54) is 27.9 Å². The van der Waals surface area contributed by atoms with Crippen LogP contribution in [-0.4, -0.2) is 12.0 Å². The van der Waals surface area contributed by atoms with E-state index in [0.29, 0.717) is 10.0 Å². The molecule has 0 N–H and O–H groups in total. The number of fused-ring (bicyclic) bond motifs is 9. The van der Waals surface area contributed by atoms with Crippen LogP contribution in [0.1, 0.15) is 40.8 Å². The summed E-state index contributed by atoms with van der Waals surface area (Å²) >= 11 is 0. The Labute approximate surface area is 221 Å². The number of pyridine rings is 1. The van der Waals surface area contributed by atoms with Gasteiger partial charge in [-0.3, -0.25) is 4.48 Å². The van der Waals surface area contributed by atoms with E-state index in [0.717, 1.165) is 33.7 Å². The lowest BCUT2D eigenvalue weighted by atomic mass is 9.79. The Morgan fingerprint density at radius 3 is 2.53 bits per heavy atom. The Bertz CT molecular complexity index is 1900. The second-order valence-corrected chi connectivity index (χ2v) is 10.7. The number of ether oxygens (including phenoxy) is 1. The predicted octanol–water partition coefficient (Wildman–Crippen LogP) is 7.86. The van der Waals surface area contributed by atoms with Gasteiger partial charge in [0, 0.05) is 29.0 Å². The summed E-state index contributed by atoms with van der Waals surface area (Å²) in [6.45, 7) is 2.38. The molecule has 1 aromatic heterocycles. The molecule has 0 saturated carbocycles. The second-order valence-electron chi connectivity index (χ2n) is 10.7. The molecule has 4 aromatic carbocycles. The number of likely N-dealkylation sites (N-methyl/N-ethyl adjacent to an activating group) is 1. The van der Waals surface area contributed by atoms with Gasteiger partial charge in [0.1, 0.15) is 23.1 Å². The maximum atomic E-state index is 9.25. The number of rotatable bonds is 1. The molecule has 8 rings (SSSR count). The lowest BCUT2D eigenvalue weighted by molar-refractivity contribution is 0.166. The minimum atomic E-state index is -0.370. The van der Waals surface area contributed by atoms with Gasteiger partial charge in [-0.1, -0.05) is 48.5 Å². The van der Waals surface area contributed by atoms with E-state index in [-0.39, 0.29) is 11.6 Å². The first-order valence-corrected chi connectivity index (χ1v) is 12.9. The normalized spacial score (nSPS) is 23.6. The molecule has 0 bridgehead atoms. The number of hydrogen-bond acceptors (Lipinski definition) is 3. The zero-order valence-electron chi connectivity index (χ0n) is 21.1. The number of para-hydroxylation sites is 1. The van der Waals surface area contributed by atoms with Crippen LogP contribution in [0.25, 0.3) is 28.2 Å². The summed E-state index contributed by atoms with van der Waals surface area (Å²) < 4.78 is 7.14. The fourth-order valence-electron chi connectivity index (χ4n) is 7.17. The molecule has 4 heteroatoms. The van der Waals surface area contributed by atoms with Crippen molar-refractivity contribution in [3.8, 4) is 28.8 Å². The first kappa shape index (κ1) is 21.4. The third-order valence-corrected chi connectivity index (χ3v) is 9.08. The molecule has 3 aliphatic heterocycles. The van der Waals surface area contributed by atoms with Gasteiger partial charge in [-0.2, -0.15) is 5.26 Å². The van der Waals surface area contributed by atoms with E-state index >= 15 is 0 Å². The Hall–Kier alpha value is -4.72. The number of nitriles is 1. The van der Waals surface area contributed by atoms with Crippen molar-refractivity contribution in [2.24, 2.45) is 0 Å². The van der Waals surface area contributed by atoms with Gasteiger partial charge in [0.25, 0.3) is 0 Å². The van der Waals surface area contributed by atoms with Gasteiger partial charge >= 0.3 is 0 Å². The first-order chi connectivity index (χ1) is 18.5. The molecule has 0 radical (unpaired) electrons. The van der Waals surface area contributed by atoms with E-state index in [4.69, 9.17) is 9.72 Å². The zero-order chi connectivity index (χ0) is 25.6. The lowest BCUT2D eigenvalue weighted by Gasteiger charge is -2.50.